The lowest BCUT2D eigenvalue weighted by molar-refractivity contribution is -0.137. The first-order valence-electron chi connectivity index (χ1n) is 7.92. The van der Waals surface area contributed by atoms with Gasteiger partial charge in [0.1, 0.15) is 5.58 Å². The van der Waals surface area contributed by atoms with Gasteiger partial charge in [-0.3, -0.25) is 4.79 Å². The van der Waals surface area contributed by atoms with Crippen LogP contribution in [0.5, 0.6) is 0 Å². The molecule has 0 radical (unpaired) electrons. The molecule has 1 heterocycles. The molecule has 25 heavy (non-hydrogen) atoms. The summed E-state index contributed by atoms with van der Waals surface area (Å²) in [7, 11) is 0. The van der Waals surface area contributed by atoms with Gasteiger partial charge >= 0.3 is 5.97 Å². The number of nitrogens with one attached hydrogen (secondary N) is 1. The quantitative estimate of drug-likeness (QED) is 0.561. The first-order chi connectivity index (χ1) is 12.2. The maximum Gasteiger partial charge on any atom is 0.330 e. The topological polar surface area (TPSA) is 68.5 Å². The molecule has 0 aliphatic carbocycles. The SMILES string of the molecule is CCOC(=O)/C=C/c1c(Nc2ccccc2)oc2ccccc2c1=O. The standard InChI is InChI=1S/C20H17NO4/c1-2-24-18(22)13-12-16-19(23)15-10-6-7-11-17(15)25-20(16)21-14-8-4-3-5-9-14/h3-13,21H,2H2,1H3/b13-12+. The lowest BCUT2D eigenvalue weighted by Crippen LogP contribution is -2.09. The van der Waals surface area contributed by atoms with E-state index in [0.29, 0.717) is 11.0 Å². The highest BCUT2D eigenvalue weighted by Gasteiger charge is 2.13. The molecule has 0 aliphatic heterocycles. The third kappa shape index (κ3) is 3.77. The van der Waals surface area contributed by atoms with E-state index in [1.165, 1.54) is 12.2 Å². The Morgan fingerprint density at radius 3 is 2.60 bits per heavy atom. The molecule has 5 heteroatoms. The lowest BCUT2D eigenvalue weighted by Gasteiger charge is -2.09. The molecule has 3 rings (SSSR count). The Kier molecular flexibility index (Phi) is 4.95. The summed E-state index contributed by atoms with van der Waals surface area (Å²) in [6, 6.07) is 16.3. The molecule has 0 saturated heterocycles. The van der Waals surface area contributed by atoms with Gasteiger partial charge in [0.2, 0.25) is 11.3 Å². The number of rotatable bonds is 5. The fourth-order valence-corrected chi connectivity index (χ4v) is 2.39. The second-order valence-electron chi connectivity index (χ2n) is 5.25. The molecule has 0 atom stereocenters. The number of hydrogen-bond donors (Lipinski definition) is 1. The van der Waals surface area contributed by atoms with Crippen LogP contribution in [0.3, 0.4) is 0 Å². The van der Waals surface area contributed by atoms with E-state index in [-0.39, 0.29) is 23.5 Å². The van der Waals surface area contributed by atoms with Crippen LogP contribution in [0.4, 0.5) is 11.6 Å². The zero-order chi connectivity index (χ0) is 17.6. The van der Waals surface area contributed by atoms with Crippen molar-refractivity contribution in [2.75, 3.05) is 11.9 Å². The van der Waals surface area contributed by atoms with Crippen LogP contribution in [-0.2, 0) is 9.53 Å². The predicted octanol–water partition coefficient (Wildman–Crippen LogP) is 4.11. The van der Waals surface area contributed by atoms with Gasteiger partial charge in [-0.05, 0) is 37.3 Å². The van der Waals surface area contributed by atoms with Crippen LogP contribution in [0.2, 0.25) is 0 Å². The molecule has 0 spiro atoms. The summed E-state index contributed by atoms with van der Waals surface area (Å²) in [6.45, 7) is 1.99. The van der Waals surface area contributed by atoms with Crippen LogP contribution in [0.1, 0.15) is 12.5 Å². The van der Waals surface area contributed by atoms with Gasteiger partial charge in [-0.25, -0.2) is 4.79 Å². The van der Waals surface area contributed by atoms with Gasteiger partial charge in [-0.2, -0.15) is 0 Å². The lowest BCUT2D eigenvalue weighted by atomic mass is 10.1. The number of benzene rings is 2. The molecule has 126 valence electrons. The fraction of sp³-hybridized carbons (Fsp3) is 0.100. The molecular formula is C20H17NO4. The van der Waals surface area contributed by atoms with Crippen molar-refractivity contribution in [2.45, 2.75) is 6.92 Å². The normalized spacial score (nSPS) is 10.9. The number of hydrogen-bond acceptors (Lipinski definition) is 5. The van der Waals surface area contributed by atoms with E-state index in [0.717, 1.165) is 5.69 Å². The zero-order valence-corrected chi connectivity index (χ0v) is 13.7. The van der Waals surface area contributed by atoms with Crippen LogP contribution >= 0.6 is 0 Å². The highest BCUT2D eigenvalue weighted by atomic mass is 16.5. The average Bonchev–Trinajstić information content (AvgIpc) is 2.62. The highest BCUT2D eigenvalue weighted by molar-refractivity contribution is 5.90. The van der Waals surface area contributed by atoms with Crippen molar-refractivity contribution in [2.24, 2.45) is 0 Å². The van der Waals surface area contributed by atoms with Crippen LogP contribution in [-0.4, -0.2) is 12.6 Å². The summed E-state index contributed by atoms with van der Waals surface area (Å²) in [4.78, 5) is 24.4. The van der Waals surface area contributed by atoms with E-state index >= 15 is 0 Å². The molecular weight excluding hydrogens is 318 g/mol. The van der Waals surface area contributed by atoms with Crippen molar-refractivity contribution in [3.8, 4) is 0 Å². The van der Waals surface area contributed by atoms with Crippen molar-refractivity contribution in [3.63, 3.8) is 0 Å². The number of fused-ring (bicyclic) bond motifs is 1. The van der Waals surface area contributed by atoms with Gasteiger partial charge in [-0.15, -0.1) is 0 Å². The second-order valence-corrected chi connectivity index (χ2v) is 5.25. The minimum Gasteiger partial charge on any atom is -0.463 e. The average molecular weight is 335 g/mol. The van der Waals surface area contributed by atoms with E-state index in [1.54, 1.807) is 31.2 Å². The number of carbonyl (C=O) groups is 1. The summed E-state index contributed by atoms with van der Waals surface area (Å²) in [6.07, 6.45) is 2.64. The van der Waals surface area contributed by atoms with Crippen molar-refractivity contribution in [1.29, 1.82) is 0 Å². The molecule has 0 aliphatic rings. The van der Waals surface area contributed by atoms with Gasteiger partial charge in [0.25, 0.3) is 0 Å². The molecule has 0 unspecified atom stereocenters. The first-order valence-corrected chi connectivity index (χ1v) is 7.92. The van der Waals surface area contributed by atoms with Crippen molar-refractivity contribution >= 4 is 34.6 Å². The third-order valence-electron chi connectivity index (χ3n) is 3.54. The Hall–Kier alpha value is -3.34. The molecule has 1 N–H and O–H groups in total. The molecule has 0 bridgehead atoms. The maximum absolute atomic E-state index is 12.8. The minimum atomic E-state index is -0.513. The Morgan fingerprint density at radius 2 is 1.84 bits per heavy atom. The van der Waals surface area contributed by atoms with Crippen LogP contribution in [0.25, 0.3) is 17.0 Å². The Bertz CT molecular complexity index is 974. The van der Waals surface area contributed by atoms with Gasteiger partial charge in [0, 0.05) is 11.8 Å². The van der Waals surface area contributed by atoms with Crippen molar-refractivity contribution in [3.05, 3.63) is 76.5 Å². The summed E-state index contributed by atoms with van der Waals surface area (Å²) in [5.41, 5.74) is 1.28. The monoisotopic (exact) mass is 335 g/mol. The van der Waals surface area contributed by atoms with Crippen molar-refractivity contribution < 1.29 is 13.9 Å². The smallest absolute Gasteiger partial charge is 0.330 e. The molecule has 0 saturated carbocycles. The molecule has 3 aromatic rings. The highest BCUT2D eigenvalue weighted by Crippen LogP contribution is 2.24. The number of anilines is 2. The van der Waals surface area contributed by atoms with E-state index in [4.69, 9.17) is 9.15 Å². The second kappa shape index (κ2) is 7.49. The van der Waals surface area contributed by atoms with Crippen LogP contribution < -0.4 is 10.7 Å². The summed E-state index contributed by atoms with van der Waals surface area (Å²) >= 11 is 0. The largest absolute Gasteiger partial charge is 0.463 e. The van der Waals surface area contributed by atoms with Gasteiger partial charge in [-0.1, -0.05) is 30.3 Å². The van der Waals surface area contributed by atoms with Gasteiger partial charge in [0.05, 0.1) is 17.6 Å². The minimum absolute atomic E-state index is 0.221. The predicted molar refractivity (Wildman–Crippen MR) is 97.9 cm³/mol. The van der Waals surface area contributed by atoms with Gasteiger partial charge < -0.3 is 14.5 Å². The molecule has 0 fully saturated rings. The number of esters is 1. The van der Waals surface area contributed by atoms with E-state index < -0.39 is 5.97 Å². The maximum atomic E-state index is 12.8. The number of carbonyl (C=O) groups excluding carboxylic acids is 1. The molecule has 5 nitrogen and oxygen atoms in total. The number of ether oxygens (including phenoxy) is 1. The van der Waals surface area contributed by atoms with Crippen molar-refractivity contribution in [1.82, 2.24) is 0 Å². The number of para-hydroxylation sites is 2. The molecule has 2 aromatic carbocycles. The Labute approximate surface area is 144 Å². The fourth-order valence-electron chi connectivity index (χ4n) is 2.39. The van der Waals surface area contributed by atoms with Gasteiger partial charge in [0.15, 0.2) is 0 Å². The van der Waals surface area contributed by atoms with E-state index in [9.17, 15) is 9.59 Å². The zero-order valence-electron chi connectivity index (χ0n) is 13.7. The van der Waals surface area contributed by atoms with Crippen LogP contribution in [0.15, 0.2) is 69.9 Å². The Balaban J connectivity index is 2.10. The Morgan fingerprint density at radius 1 is 1.12 bits per heavy atom. The summed E-state index contributed by atoms with van der Waals surface area (Å²) in [5, 5.41) is 3.54. The summed E-state index contributed by atoms with van der Waals surface area (Å²) < 4.78 is 10.7. The molecule has 1 aromatic heterocycles. The first kappa shape index (κ1) is 16.5. The summed E-state index contributed by atoms with van der Waals surface area (Å²) in [5.74, 6) is -0.240. The third-order valence-corrected chi connectivity index (χ3v) is 3.54. The van der Waals surface area contributed by atoms with E-state index in [2.05, 4.69) is 5.32 Å². The van der Waals surface area contributed by atoms with E-state index in [1.807, 2.05) is 30.3 Å². The molecule has 0 amide bonds. The van der Waals surface area contributed by atoms with Crippen LogP contribution in [0, 0.1) is 0 Å².